The Morgan fingerprint density at radius 1 is 0.857 bits per heavy atom. The summed E-state index contributed by atoms with van der Waals surface area (Å²) in [5, 5.41) is 0.732. The van der Waals surface area contributed by atoms with E-state index in [1.165, 1.54) is 25.7 Å². The number of rotatable bonds is 3. The first kappa shape index (κ1) is 19.0. The SMILES string of the molecule is O=C(c1cnc(N2CCCCCC2)cn1)N1CCN(c2cccc(Cl)c2)CC1. The molecule has 28 heavy (non-hydrogen) atoms. The number of halogens is 1. The molecule has 4 rings (SSSR count). The second-order valence-corrected chi connectivity index (χ2v) is 7.86. The molecule has 0 bridgehead atoms. The Morgan fingerprint density at radius 3 is 2.25 bits per heavy atom. The number of hydrogen-bond donors (Lipinski definition) is 0. The third-order valence-corrected chi connectivity index (χ3v) is 5.76. The summed E-state index contributed by atoms with van der Waals surface area (Å²) >= 11 is 6.09. The third kappa shape index (κ3) is 4.38. The Bertz CT molecular complexity index is 797. The molecule has 2 saturated heterocycles. The molecule has 7 heteroatoms. The molecular weight excluding hydrogens is 374 g/mol. The summed E-state index contributed by atoms with van der Waals surface area (Å²) < 4.78 is 0. The molecule has 0 spiro atoms. The van der Waals surface area contributed by atoms with Crippen LogP contribution in [0.5, 0.6) is 0 Å². The zero-order valence-corrected chi connectivity index (χ0v) is 16.8. The van der Waals surface area contributed by atoms with Crippen molar-refractivity contribution in [2.45, 2.75) is 25.7 Å². The van der Waals surface area contributed by atoms with E-state index in [2.05, 4.69) is 25.8 Å². The molecule has 1 aromatic carbocycles. The average molecular weight is 400 g/mol. The quantitative estimate of drug-likeness (QED) is 0.790. The van der Waals surface area contributed by atoms with Gasteiger partial charge in [0.2, 0.25) is 0 Å². The highest BCUT2D eigenvalue weighted by Crippen LogP contribution is 2.21. The topological polar surface area (TPSA) is 52.6 Å². The van der Waals surface area contributed by atoms with E-state index in [0.717, 1.165) is 42.7 Å². The minimum Gasteiger partial charge on any atom is -0.368 e. The highest BCUT2D eigenvalue weighted by molar-refractivity contribution is 6.30. The molecule has 0 unspecified atom stereocenters. The molecule has 0 radical (unpaired) electrons. The fraction of sp³-hybridized carbons (Fsp3) is 0.476. The van der Waals surface area contributed by atoms with Gasteiger partial charge < -0.3 is 14.7 Å². The zero-order chi connectivity index (χ0) is 19.3. The normalized spacial score (nSPS) is 18.1. The second kappa shape index (κ2) is 8.78. The van der Waals surface area contributed by atoms with Crippen molar-refractivity contribution in [2.75, 3.05) is 49.1 Å². The molecule has 0 aliphatic carbocycles. The summed E-state index contributed by atoms with van der Waals surface area (Å²) in [4.78, 5) is 28.1. The van der Waals surface area contributed by atoms with Gasteiger partial charge in [-0.3, -0.25) is 4.79 Å². The number of carbonyl (C=O) groups is 1. The van der Waals surface area contributed by atoms with Gasteiger partial charge in [-0.05, 0) is 31.0 Å². The van der Waals surface area contributed by atoms with Gasteiger partial charge >= 0.3 is 0 Å². The molecule has 2 aliphatic heterocycles. The molecule has 0 N–H and O–H groups in total. The molecule has 3 heterocycles. The molecule has 2 aliphatic rings. The van der Waals surface area contributed by atoms with E-state index in [9.17, 15) is 4.79 Å². The van der Waals surface area contributed by atoms with Crippen LogP contribution in [-0.4, -0.2) is 60.0 Å². The van der Waals surface area contributed by atoms with Crippen LogP contribution in [0.25, 0.3) is 0 Å². The number of amides is 1. The predicted molar refractivity (Wildman–Crippen MR) is 112 cm³/mol. The van der Waals surface area contributed by atoms with E-state index in [0.29, 0.717) is 18.8 Å². The van der Waals surface area contributed by atoms with Crippen LogP contribution in [0.2, 0.25) is 5.02 Å². The summed E-state index contributed by atoms with van der Waals surface area (Å²) in [6.45, 7) is 4.94. The van der Waals surface area contributed by atoms with Gasteiger partial charge in [0, 0.05) is 50.0 Å². The summed E-state index contributed by atoms with van der Waals surface area (Å²) in [7, 11) is 0. The highest BCUT2D eigenvalue weighted by Gasteiger charge is 2.24. The van der Waals surface area contributed by atoms with Gasteiger partial charge in [-0.15, -0.1) is 0 Å². The van der Waals surface area contributed by atoms with Crippen molar-refractivity contribution in [1.29, 1.82) is 0 Å². The number of anilines is 2. The van der Waals surface area contributed by atoms with Gasteiger partial charge in [0.25, 0.3) is 5.91 Å². The monoisotopic (exact) mass is 399 g/mol. The molecule has 1 aromatic heterocycles. The standard InChI is InChI=1S/C21H26ClN5O/c22-17-6-5-7-18(14-17)25-10-12-27(13-11-25)21(28)19-15-24-20(16-23-19)26-8-3-1-2-4-9-26/h5-7,14-16H,1-4,8-13H2. The fourth-order valence-electron chi connectivity index (χ4n) is 3.90. The van der Waals surface area contributed by atoms with E-state index in [4.69, 9.17) is 11.6 Å². The fourth-order valence-corrected chi connectivity index (χ4v) is 4.08. The highest BCUT2D eigenvalue weighted by atomic mass is 35.5. The van der Waals surface area contributed by atoms with Crippen molar-refractivity contribution in [3.8, 4) is 0 Å². The van der Waals surface area contributed by atoms with Gasteiger partial charge in [-0.25, -0.2) is 9.97 Å². The van der Waals surface area contributed by atoms with Crippen LogP contribution in [0.3, 0.4) is 0 Å². The molecule has 2 fully saturated rings. The van der Waals surface area contributed by atoms with Crippen LogP contribution < -0.4 is 9.80 Å². The average Bonchev–Trinajstić information content (AvgIpc) is 3.03. The number of piperazine rings is 1. The second-order valence-electron chi connectivity index (χ2n) is 7.42. The lowest BCUT2D eigenvalue weighted by atomic mass is 10.2. The summed E-state index contributed by atoms with van der Waals surface area (Å²) in [5.41, 5.74) is 1.52. The number of carbonyl (C=O) groups excluding carboxylic acids is 1. The van der Waals surface area contributed by atoms with Crippen LogP contribution in [0.4, 0.5) is 11.5 Å². The van der Waals surface area contributed by atoms with E-state index in [1.807, 2.05) is 23.1 Å². The van der Waals surface area contributed by atoms with Crippen LogP contribution in [0.15, 0.2) is 36.7 Å². The van der Waals surface area contributed by atoms with Gasteiger partial charge in [0.05, 0.1) is 12.4 Å². The lowest BCUT2D eigenvalue weighted by Crippen LogP contribution is -2.49. The maximum Gasteiger partial charge on any atom is 0.274 e. The summed E-state index contributed by atoms with van der Waals surface area (Å²) in [6.07, 6.45) is 8.33. The van der Waals surface area contributed by atoms with Crippen molar-refractivity contribution >= 4 is 29.0 Å². The lowest BCUT2D eigenvalue weighted by molar-refractivity contribution is 0.0740. The van der Waals surface area contributed by atoms with Crippen molar-refractivity contribution in [3.05, 3.63) is 47.4 Å². The van der Waals surface area contributed by atoms with Crippen LogP contribution in [0, 0.1) is 0 Å². The minimum absolute atomic E-state index is 0.0411. The van der Waals surface area contributed by atoms with Gasteiger partial charge in [0.15, 0.2) is 0 Å². The minimum atomic E-state index is -0.0411. The molecule has 1 amide bonds. The number of hydrogen-bond acceptors (Lipinski definition) is 5. The van der Waals surface area contributed by atoms with Gasteiger partial charge in [0.1, 0.15) is 11.5 Å². The zero-order valence-electron chi connectivity index (χ0n) is 16.1. The Morgan fingerprint density at radius 2 is 1.61 bits per heavy atom. The lowest BCUT2D eigenvalue weighted by Gasteiger charge is -2.36. The van der Waals surface area contributed by atoms with Crippen LogP contribution in [0.1, 0.15) is 36.2 Å². The molecule has 0 atom stereocenters. The molecule has 6 nitrogen and oxygen atoms in total. The van der Waals surface area contributed by atoms with Crippen molar-refractivity contribution in [1.82, 2.24) is 14.9 Å². The predicted octanol–water partition coefficient (Wildman–Crippen LogP) is 3.47. The first-order chi connectivity index (χ1) is 13.7. The van der Waals surface area contributed by atoms with Crippen LogP contribution in [-0.2, 0) is 0 Å². The molecule has 148 valence electrons. The summed E-state index contributed by atoms with van der Waals surface area (Å²) in [5.74, 6) is 0.838. The van der Waals surface area contributed by atoms with Crippen molar-refractivity contribution in [3.63, 3.8) is 0 Å². The Labute approximate surface area is 171 Å². The van der Waals surface area contributed by atoms with E-state index < -0.39 is 0 Å². The Hall–Kier alpha value is -2.34. The smallest absolute Gasteiger partial charge is 0.274 e. The maximum absolute atomic E-state index is 12.8. The molecule has 2 aromatic rings. The van der Waals surface area contributed by atoms with Gasteiger partial charge in [-0.2, -0.15) is 0 Å². The first-order valence-corrected chi connectivity index (χ1v) is 10.5. The summed E-state index contributed by atoms with van der Waals surface area (Å²) in [6, 6.07) is 7.85. The van der Waals surface area contributed by atoms with E-state index in [-0.39, 0.29) is 5.91 Å². The third-order valence-electron chi connectivity index (χ3n) is 5.53. The maximum atomic E-state index is 12.8. The number of nitrogens with zero attached hydrogens (tertiary/aromatic N) is 5. The Kier molecular flexibility index (Phi) is 5.95. The molecule has 0 saturated carbocycles. The van der Waals surface area contributed by atoms with Gasteiger partial charge in [-0.1, -0.05) is 30.5 Å². The largest absolute Gasteiger partial charge is 0.368 e. The van der Waals surface area contributed by atoms with Crippen LogP contribution >= 0.6 is 11.6 Å². The van der Waals surface area contributed by atoms with Crippen molar-refractivity contribution in [2.24, 2.45) is 0 Å². The van der Waals surface area contributed by atoms with E-state index in [1.54, 1.807) is 12.4 Å². The number of benzene rings is 1. The first-order valence-electron chi connectivity index (χ1n) is 10.1. The molecular formula is C21H26ClN5O. The number of aromatic nitrogens is 2. The Balaban J connectivity index is 1.36. The van der Waals surface area contributed by atoms with E-state index >= 15 is 0 Å². The van der Waals surface area contributed by atoms with Crippen molar-refractivity contribution < 1.29 is 4.79 Å².